The van der Waals surface area contributed by atoms with Gasteiger partial charge in [0.2, 0.25) is 0 Å². The van der Waals surface area contributed by atoms with E-state index in [4.69, 9.17) is 21.1 Å². The fourth-order valence-corrected chi connectivity index (χ4v) is 2.92. The number of aromatic nitrogens is 2. The van der Waals surface area contributed by atoms with Gasteiger partial charge in [0.25, 0.3) is 5.56 Å². The number of hydrazone groups is 1. The minimum absolute atomic E-state index is 0.0102. The number of aromatic amines is 1. The normalized spacial score (nSPS) is 11.5. The second-order valence-electron chi connectivity index (χ2n) is 7.94. The Labute approximate surface area is 186 Å². The van der Waals surface area contributed by atoms with Gasteiger partial charge in [-0.15, -0.1) is 0 Å². The van der Waals surface area contributed by atoms with Gasteiger partial charge in [0.1, 0.15) is 17.3 Å². The molecular weight excluding hydrogens is 416 g/mol. The second-order valence-corrected chi connectivity index (χ2v) is 8.32. The largest absolute Gasteiger partial charge is 0.493 e. The summed E-state index contributed by atoms with van der Waals surface area (Å²) in [4.78, 5) is 11.4. The highest BCUT2D eigenvalue weighted by molar-refractivity contribution is 6.32. The van der Waals surface area contributed by atoms with Crippen LogP contribution in [0.4, 0.5) is 5.69 Å². The van der Waals surface area contributed by atoms with E-state index in [1.165, 1.54) is 11.8 Å². The molecule has 2 N–H and O–H groups in total. The molecule has 0 spiro atoms. The molecule has 0 atom stereocenters. The lowest BCUT2D eigenvalue weighted by Crippen LogP contribution is -2.10. The van der Waals surface area contributed by atoms with E-state index < -0.39 is 5.56 Å². The number of hydrogen-bond donors (Lipinski definition) is 2. The summed E-state index contributed by atoms with van der Waals surface area (Å²) in [5.74, 6) is 1.22. The van der Waals surface area contributed by atoms with Gasteiger partial charge in [-0.2, -0.15) is 10.2 Å². The fraction of sp³-hybridized carbons (Fsp3) is 0.261. The number of halogens is 1. The number of hydrogen-bond acceptors (Lipinski definition) is 6. The maximum Gasteiger partial charge on any atom is 0.285 e. The Hall–Kier alpha value is -3.32. The molecule has 8 heteroatoms. The summed E-state index contributed by atoms with van der Waals surface area (Å²) in [6.07, 6.45) is 2.96. The first-order valence-corrected chi connectivity index (χ1v) is 10.1. The van der Waals surface area contributed by atoms with Crippen molar-refractivity contribution in [3.63, 3.8) is 0 Å². The Morgan fingerprint density at radius 1 is 1.16 bits per heavy atom. The molecule has 31 heavy (non-hydrogen) atoms. The summed E-state index contributed by atoms with van der Waals surface area (Å²) in [6.45, 7) is 7.00. The third-order valence-electron chi connectivity index (χ3n) is 4.60. The van der Waals surface area contributed by atoms with Crippen LogP contribution in [0.5, 0.6) is 11.5 Å². The van der Waals surface area contributed by atoms with Gasteiger partial charge in [-0.3, -0.25) is 10.2 Å². The van der Waals surface area contributed by atoms with Crippen molar-refractivity contribution in [2.24, 2.45) is 5.10 Å². The number of methoxy groups -OCH3 is 1. The van der Waals surface area contributed by atoms with Crippen molar-refractivity contribution in [1.29, 1.82) is 0 Å². The van der Waals surface area contributed by atoms with E-state index in [0.717, 1.165) is 11.1 Å². The molecule has 3 rings (SSSR count). The van der Waals surface area contributed by atoms with Gasteiger partial charge in [-0.05, 0) is 40.3 Å². The first kappa shape index (κ1) is 22.4. The molecule has 1 aromatic heterocycles. The highest BCUT2D eigenvalue weighted by Gasteiger charge is 2.13. The Morgan fingerprint density at radius 2 is 1.90 bits per heavy atom. The molecule has 0 aliphatic heterocycles. The third-order valence-corrected chi connectivity index (χ3v) is 4.97. The van der Waals surface area contributed by atoms with E-state index in [-0.39, 0.29) is 10.4 Å². The van der Waals surface area contributed by atoms with Crippen LogP contribution in [-0.4, -0.2) is 23.5 Å². The molecule has 0 fully saturated rings. The minimum Gasteiger partial charge on any atom is -0.493 e. The van der Waals surface area contributed by atoms with E-state index in [9.17, 15) is 4.79 Å². The van der Waals surface area contributed by atoms with Crippen LogP contribution < -0.4 is 20.5 Å². The standard InChI is InChI=1S/C23H25ClN4O3/c1-23(2,3)17-8-5-15(6-9-17)14-31-19-10-7-16(11-20(19)30-4)12-25-27-18-13-26-28-22(29)21(18)24/h5-13H,14H2,1-4H3,(H2,27,28,29)/b25-12+. The van der Waals surface area contributed by atoms with Gasteiger partial charge < -0.3 is 9.47 Å². The van der Waals surface area contributed by atoms with Crippen LogP contribution in [0.25, 0.3) is 0 Å². The van der Waals surface area contributed by atoms with Gasteiger partial charge in [-0.25, -0.2) is 5.10 Å². The van der Waals surface area contributed by atoms with Crippen molar-refractivity contribution in [3.8, 4) is 11.5 Å². The van der Waals surface area contributed by atoms with Crippen molar-refractivity contribution < 1.29 is 9.47 Å². The Bertz CT molecular complexity index is 1120. The summed E-state index contributed by atoms with van der Waals surface area (Å²) in [6, 6.07) is 13.9. The summed E-state index contributed by atoms with van der Waals surface area (Å²) in [5.41, 5.74) is 5.78. The number of nitrogens with zero attached hydrogens (tertiary/aromatic N) is 2. The topological polar surface area (TPSA) is 88.6 Å². The van der Waals surface area contributed by atoms with Crippen LogP contribution in [0.2, 0.25) is 5.02 Å². The molecule has 0 radical (unpaired) electrons. The molecule has 0 bridgehead atoms. The van der Waals surface area contributed by atoms with Crippen molar-refractivity contribution in [2.45, 2.75) is 32.8 Å². The fourth-order valence-electron chi connectivity index (χ4n) is 2.78. The molecule has 2 aromatic carbocycles. The van der Waals surface area contributed by atoms with Crippen LogP contribution in [0, 0.1) is 0 Å². The van der Waals surface area contributed by atoms with E-state index in [2.05, 4.69) is 65.8 Å². The van der Waals surface area contributed by atoms with Crippen molar-refractivity contribution in [3.05, 3.63) is 80.7 Å². The van der Waals surface area contributed by atoms with Crippen LogP contribution in [0.1, 0.15) is 37.5 Å². The lowest BCUT2D eigenvalue weighted by molar-refractivity contribution is 0.284. The SMILES string of the molecule is COc1cc(/C=N/Nc2cn[nH]c(=O)c2Cl)ccc1OCc1ccc(C(C)(C)C)cc1. The molecule has 1 heterocycles. The molecular formula is C23H25ClN4O3. The number of nitrogens with one attached hydrogen (secondary N) is 2. The van der Waals surface area contributed by atoms with Crippen LogP contribution in [0.15, 0.2) is 58.6 Å². The molecule has 7 nitrogen and oxygen atoms in total. The Balaban J connectivity index is 1.65. The predicted molar refractivity (Wildman–Crippen MR) is 124 cm³/mol. The summed E-state index contributed by atoms with van der Waals surface area (Å²) in [7, 11) is 1.58. The van der Waals surface area contributed by atoms with Gasteiger partial charge >= 0.3 is 0 Å². The maximum absolute atomic E-state index is 11.4. The molecule has 0 aliphatic carbocycles. The monoisotopic (exact) mass is 440 g/mol. The quantitative estimate of drug-likeness (QED) is 0.408. The van der Waals surface area contributed by atoms with Crippen molar-refractivity contribution in [2.75, 3.05) is 12.5 Å². The zero-order valence-electron chi connectivity index (χ0n) is 17.9. The molecule has 0 saturated heterocycles. The smallest absolute Gasteiger partial charge is 0.285 e. The molecule has 3 aromatic rings. The molecule has 0 unspecified atom stereocenters. The summed E-state index contributed by atoms with van der Waals surface area (Å²) in [5, 5.41) is 10.0. The Kier molecular flexibility index (Phi) is 6.97. The lowest BCUT2D eigenvalue weighted by atomic mass is 9.87. The van der Waals surface area contributed by atoms with E-state index >= 15 is 0 Å². The highest BCUT2D eigenvalue weighted by Crippen LogP contribution is 2.29. The van der Waals surface area contributed by atoms with Gasteiger partial charge in [0.05, 0.1) is 19.5 Å². The average Bonchev–Trinajstić information content (AvgIpc) is 2.75. The zero-order chi connectivity index (χ0) is 22.4. The number of H-pyrrole nitrogens is 1. The third kappa shape index (κ3) is 5.86. The average molecular weight is 441 g/mol. The van der Waals surface area contributed by atoms with Crippen molar-refractivity contribution in [1.82, 2.24) is 10.2 Å². The first-order valence-electron chi connectivity index (χ1n) is 9.70. The minimum atomic E-state index is -0.488. The molecule has 0 aliphatic rings. The van der Waals surface area contributed by atoms with Gasteiger partial charge in [-0.1, -0.05) is 56.6 Å². The first-order chi connectivity index (χ1) is 14.8. The molecule has 162 valence electrons. The van der Waals surface area contributed by atoms with Gasteiger partial charge in [0, 0.05) is 0 Å². The van der Waals surface area contributed by atoms with E-state index in [1.807, 2.05) is 12.1 Å². The van der Waals surface area contributed by atoms with E-state index in [0.29, 0.717) is 23.8 Å². The summed E-state index contributed by atoms with van der Waals surface area (Å²) < 4.78 is 11.4. The molecule has 0 amide bonds. The number of ether oxygens (including phenoxy) is 2. The van der Waals surface area contributed by atoms with Crippen LogP contribution >= 0.6 is 11.6 Å². The highest BCUT2D eigenvalue weighted by atomic mass is 35.5. The number of rotatable bonds is 7. The van der Waals surface area contributed by atoms with Crippen LogP contribution in [0.3, 0.4) is 0 Å². The lowest BCUT2D eigenvalue weighted by Gasteiger charge is -2.19. The van der Waals surface area contributed by atoms with Crippen molar-refractivity contribution >= 4 is 23.5 Å². The summed E-state index contributed by atoms with van der Waals surface area (Å²) >= 11 is 5.90. The maximum atomic E-state index is 11.4. The van der Waals surface area contributed by atoms with Gasteiger partial charge in [0.15, 0.2) is 11.5 Å². The Morgan fingerprint density at radius 3 is 2.58 bits per heavy atom. The number of anilines is 1. The van der Waals surface area contributed by atoms with E-state index in [1.54, 1.807) is 19.4 Å². The molecule has 0 saturated carbocycles. The zero-order valence-corrected chi connectivity index (χ0v) is 18.7. The number of benzene rings is 2. The second kappa shape index (κ2) is 9.66. The predicted octanol–water partition coefficient (Wildman–Crippen LogP) is 4.75. The van der Waals surface area contributed by atoms with Crippen LogP contribution in [-0.2, 0) is 12.0 Å².